The Labute approximate surface area is 138 Å². The van der Waals surface area contributed by atoms with Crippen molar-refractivity contribution >= 4 is 33.4 Å². The van der Waals surface area contributed by atoms with Crippen LogP contribution in [0.4, 0.5) is 5.69 Å². The first-order valence-electron chi connectivity index (χ1n) is 7.73. The molecular weight excluding hydrogens is 346 g/mol. The standard InChI is InChI=1S/C16H20BrN3O2/c17-10-5-7-11(8-6-10)18-15(21)9-14-16(22)20-13-4-2-1-3-12(13)19-14/h5-8,12-14,19H,1-4,9H2,(H,18,21)(H,20,22)/t12-,13-,14+/m0/s1. The maximum absolute atomic E-state index is 12.1. The van der Waals surface area contributed by atoms with Gasteiger partial charge < -0.3 is 16.0 Å². The second-order valence-corrected chi connectivity index (χ2v) is 6.90. The lowest BCUT2D eigenvalue weighted by molar-refractivity contribution is -0.129. The van der Waals surface area contributed by atoms with Crippen LogP contribution in [0, 0.1) is 0 Å². The summed E-state index contributed by atoms with van der Waals surface area (Å²) >= 11 is 3.36. The van der Waals surface area contributed by atoms with E-state index < -0.39 is 6.04 Å². The molecule has 2 amide bonds. The molecule has 2 fully saturated rings. The lowest BCUT2D eigenvalue weighted by Crippen LogP contribution is -2.65. The number of amides is 2. The minimum Gasteiger partial charge on any atom is -0.350 e. The molecule has 5 nitrogen and oxygen atoms in total. The van der Waals surface area contributed by atoms with Gasteiger partial charge in [-0.05, 0) is 37.1 Å². The molecule has 1 aliphatic heterocycles. The Morgan fingerprint density at radius 3 is 2.59 bits per heavy atom. The zero-order valence-electron chi connectivity index (χ0n) is 12.3. The highest BCUT2D eigenvalue weighted by Gasteiger charge is 2.36. The van der Waals surface area contributed by atoms with E-state index in [4.69, 9.17) is 0 Å². The summed E-state index contributed by atoms with van der Waals surface area (Å²) in [4.78, 5) is 24.3. The van der Waals surface area contributed by atoms with Gasteiger partial charge in [0.05, 0.1) is 12.5 Å². The van der Waals surface area contributed by atoms with Crippen molar-refractivity contribution in [3.05, 3.63) is 28.7 Å². The largest absolute Gasteiger partial charge is 0.350 e. The maximum Gasteiger partial charge on any atom is 0.237 e. The molecule has 6 heteroatoms. The molecule has 0 bridgehead atoms. The van der Waals surface area contributed by atoms with Gasteiger partial charge >= 0.3 is 0 Å². The highest BCUT2D eigenvalue weighted by atomic mass is 79.9. The number of fused-ring (bicyclic) bond motifs is 1. The van der Waals surface area contributed by atoms with E-state index in [2.05, 4.69) is 31.9 Å². The second kappa shape index (κ2) is 6.79. The molecule has 22 heavy (non-hydrogen) atoms. The summed E-state index contributed by atoms with van der Waals surface area (Å²) < 4.78 is 0.960. The van der Waals surface area contributed by atoms with Crippen molar-refractivity contribution in [3.8, 4) is 0 Å². The van der Waals surface area contributed by atoms with Gasteiger partial charge in [-0.3, -0.25) is 9.59 Å². The number of carbonyl (C=O) groups is 2. The minimum absolute atomic E-state index is 0.0610. The van der Waals surface area contributed by atoms with E-state index in [0.717, 1.165) is 29.4 Å². The molecule has 0 unspecified atom stereocenters. The molecule has 1 aliphatic carbocycles. The Kier molecular flexibility index (Phi) is 4.78. The first-order valence-corrected chi connectivity index (χ1v) is 8.53. The fraction of sp³-hybridized carbons (Fsp3) is 0.500. The first-order chi connectivity index (χ1) is 10.6. The number of hydrogen-bond donors (Lipinski definition) is 3. The average Bonchev–Trinajstić information content (AvgIpc) is 2.50. The van der Waals surface area contributed by atoms with Crippen molar-refractivity contribution in [2.24, 2.45) is 0 Å². The SMILES string of the molecule is O=C(C[C@H]1N[C@H]2CCCC[C@@H]2NC1=O)Nc1ccc(Br)cc1. The monoisotopic (exact) mass is 365 g/mol. The van der Waals surface area contributed by atoms with Crippen molar-refractivity contribution in [1.29, 1.82) is 0 Å². The summed E-state index contributed by atoms with van der Waals surface area (Å²) in [5, 5.41) is 9.24. The Morgan fingerprint density at radius 2 is 1.86 bits per heavy atom. The molecule has 3 N–H and O–H groups in total. The van der Waals surface area contributed by atoms with Crippen molar-refractivity contribution in [1.82, 2.24) is 10.6 Å². The van der Waals surface area contributed by atoms with Gasteiger partial charge in [-0.1, -0.05) is 28.8 Å². The molecule has 1 saturated heterocycles. The smallest absolute Gasteiger partial charge is 0.237 e. The van der Waals surface area contributed by atoms with Crippen LogP contribution in [0.3, 0.4) is 0 Å². The van der Waals surface area contributed by atoms with Crippen molar-refractivity contribution in [3.63, 3.8) is 0 Å². The van der Waals surface area contributed by atoms with Gasteiger partial charge in [0.2, 0.25) is 11.8 Å². The van der Waals surface area contributed by atoms with Crippen molar-refractivity contribution in [2.75, 3.05) is 5.32 Å². The van der Waals surface area contributed by atoms with Crippen LogP contribution in [0.2, 0.25) is 0 Å². The van der Waals surface area contributed by atoms with E-state index in [1.165, 1.54) is 6.42 Å². The number of benzene rings is 1. The molecule has 0 aromatic heterocycles. The zero-order valence-corrected chi connectivity index (χ0v) is 13.9. The van der Waals surface area contributed by atoms with E-state index in [-0.39, 0.29) is 24.3 Å². The Balaban J connectivity index is 1.56. The number of anilines is 1. The first kappa shape index (κ1) is 15.5. The van der Waals surface area contributed by atoms with Gasteiger partial charge in [0.15, 0.2) is 0 Å². The fourth-order valence-corrected chi connectivity index (χ4v) is 3.47. The summed E-state index contributed by atoms with van der Waals surface area (Å²) in [6.07, 6.45) is 4.60. The van der Waals surface area contributed by atoms with Crippen LogP contribution in [0.25, 0.3) is 0 Å². The predicted molar refractivity (Wildman–Crippen MR) is 88.5 cm³/mol. The van der Waals surface area contributed by atoms with Crippen LogP contribution in [-0.2, 0) is 9.59 Å². The molecule has 1 aromatic rings. The molecule has 0 radical (unpaired) electrons. The van der Waals surface area contributed by atoms with Crippen LogP contribution in [-0.4, -0.2) is 29.9 Å². The molecule has 118 valence electrons. The summed E-state index contributed by atoms with van der Waals surface area (Å²) in [6.45, 7) is 0. The van der Waals surface area contributed by atoms with Crippen LogP contribution < -0.4 is 16.0 Å². The molecule has 1 saturated carbocycles. The van der Waals surface area contributed by atoms with Crippen LogP contribution in [0.15, 0.2) is 28.7 Å². The fourth-order valence-electron chi connectivity index (χ4n) is 3.20. The minimum atomic E-state index is -0.435. The van der Waals surface area contributed by atoms with Gasteiger partial charge in [-0.2, -0.15) is 0 Å². The molecule has 3 rings (SSSR count). The third kappa shape index (κ3) is 3.67. The molecule has 1 aromatic carbocycles. The Bertz CT molecular complexity index is 561. The van der Waals surface area contributed by atoms with Gasteiger partial charge in [0.1, 0.15) is 0 Å². The summed E-state index contributed by atoms with van der Waals surface area (Å²) in [5.74, 6) is -0.210. The summed E-state index contributed by atoms with van der Waals surface area (Å²) in [6, 6.07) is 7.49. The van der Waals surface area contributed by atoms with Crippen LogP contribution >= 0.6 is 15.9 Å². The lowest BCUT2D eigenvalue weighted by Gasteiger charge is -2.40. The van der Waals surface area contributed by atoms with E-state index in [1.54, 1.807) is 0 Å². The Morgan fingerprint density at radius 1 is 1.18 bits per heavy atom. The quantitative estimate of drug-likeness (QED) is 0.768. The van der Waals surface area contributed by atoms with E-state index in [0.29, 0.717) is 6.04 Å². The molecule has 1 heterocycles. The van der Waals surface area contributed by atoms with Crippen molar-refractivity contribution < 1.29 is 9.59 Å². The van der Waals surface area contributed by atoms with E-state index >= 15 is 0 Å². The highest BCUT2D eigenvalue weighted by Crippen LogP contribution is 2.22. The lowest BCUT2D eigenvalue weighted by atomic mass is 9.87. The van der Waals surface area contributed by atoms with Gasteiger partial charge in [-0.15, -0.1) is 0 Å². The second-order valence-electron chi connectivity index (χ2n) is 5.98. The number of carbonyl (C=O) groups excluding carboxylic acids is 2. The molecule has 2 aliphatic rings. The number of piperazine rings is 1. The van der Waals surface area contributed by atoms with E-state index in [9.17, 15) is 9.59 Å². The van der Waals surface area contributed by atoms with E-state index in [1.807, 2.05) is 24.3 Å². The van der Waals surface area contributed by atoms with Gasteiger partial charge in [0, 0.05) is 22.2 Å². The third-order valence-electron chi connectivity index (χ3n) is 4.34. The normalized spacial score (nSPS) is 27.7. The van der Waals surface area contributed by atoms with Gasteiger partial charge in [-0.25, -0.2) is 0 Å². The Hall–Kier alpha value is -1.40. The number of halogens is 1. The van der Waals surface area contributed by atoms with Gasteiger partial charge in [0.25, 0.3) is 0 Å². The zero-order chi connectivity index (χ0) is 15.5. The molecular formula is C16H20BrN3O2. The predicted octanol–water partition coefficient (Wildman–Crippen LogP) is 2.18. The molecule has 3 atom stereocenters. The number of hydrogen-bond acceptors (Lipinski definition) is 3. The highest BCUT2D eigenvalue weighted by molar-refractivity contribution is 9.10. The average molecular weight is 366 g/mol. The van der Waals surface area contributed by atoms with Crippen molar-refractivity contribution in [2.45, 2.75) is 50.2 Å². The summed E-state index contributed by atoms with van der Waals surface area (Å²) in [7, 11) is 0. The maximum atomic E-state index is 12.1. The number of rotatable bonds is 3. The number of nitrogens with one attached hydrogen (secondary N) is 3. The topological polar surface area (TPSA) is 70.2 Å². The summed E-state index contributed by atoms with van der Waals surface area (Å²) in [5.41, 5.74) is 0.736. The molecule has 0 spiro atoms. The third-order valence-corrected chi connectivity index (χ3v) is 4.87. The van der Waals surface area contributed by atoms with Crippen LogP contribution in [0.5, 0.6) is 0 Å². The van der Waals surface area contributed by atoms with Crippen LogP contribution in [0.1, 0.15) is 32.1 Å².